The van der Waals surface area contributed by atoms with Crippen LogP contribution < -0.4 is 5.32 Å². The molecule has 25 heavy (non-hydrogen) atoms. The number of benzene rings is 1. The number of carbonyl (C=O) groups is 1. The summed E-state index contributed by atoms with van der Waals surface area (Å²) in [5.74, 6) is -0.546. The van der Waals surface area contributed by atoms with Gasteiger partial charge in [0.15, 0.2) is 5.79 Å². The van der Waals surface area contributed by atoms with Gasteiger partial charge in [-0.15, -0.1) is 0 Å². The van der Waals surface area contributed by atoms with E-state index in [0.717, 1.165) is 40.3 Å². The Labute approximate surface area is 155 Å². The number of aromatic nitrogens is 1. The summed E-state index contributed by atoms with van der Waals surface area (Å²) in [7, 11) is 0. The predicted octanol–water partition coefficient (Wildman–Crippen LogP) is 3.72. The van der Waals surface area contributed by atoms with Crippen molar-refractivity contribution >= 4 is 32.7 Å². The summed E-state index contributed by atoms with van der Waals surface area (Å²) in [6, 6.07) is 7.73. The lowest BCUT2D eigenvalue weighted by molar-refractivity contribution is -0.181. The third-order valence-electron chi connectivity index (χ3n) is 4.96. The Hall–Kier alpha value is -1.50. The van der Waals surface area contributed by atoms with Crippen LogP contribution in [0.5, 0.6) is 0 Å². The van der Waals surface area contributed by atoms with Crippen molar-refractivity contribution in [2.45, 2.75) is 44.4 Å². The van der Waals surface area contributed by atoms with Crippen LogP contribution in [0.2, 0.25) is 0 Å². The van der Waals surface area contributed by atoms with Gasteiger partial charge in [0.2, 0.25) is 0 Å². The molecule has 2 fully saturated rings. The molecule has 1 N–H and O–H groups in total. The van der Waals surface area contributed by atoms with Gasteiger partial charge in [-0.2, -0.15) is 0 Å². The maximum Gasteiger partial charge on any atom is 0.252 e. The third-order valence-corrected chi connectivity index (χ3v) is 5.45. The number of amides is 1. The minimum atomic E-state index is -0.489. The number of carbonyl (C=O) groups excluding carboxylic acids is 1. The molecule has 1 aromatic carbocycles. The van der Waals surface area contributed by atoms with Crippen LogP contribution in [0.3, 0.4) is 0 Å². The third kappa shape index (κ3) is 3.43. The molecule has 1 unspecified atom stereocenters. The summed E-state index contributed by atoms with van der Waals surface area (Å²) in [5.41, 5.74) is 2.32. The van der Waals surface area contributed by atoms with Gasteiger partial charge in [0.25, 0.3) is 5.91 Å². The largest absolute Gasteiger partial charge is 0.349 e. The van der Waals surface area contributed by atoms with Crippen LogP contribution >= 0.6 is 15.9 Å². The summed E-state index contributed by atoms with van der Waals surface area (Å²) >= 11 is 3.46. The van der Waals surface area contributed by atoms with Crippen LogP contribution in [-0.2, 0) is 9.47 Å². The van der Waals surface area contributed by atoms with Crippen LogP contribution in [-0.4, -0.2) is 35.9 Å². The van der Waals surface area contributed by atoms with Gasteiger partial charge in [-0.3, -0.25) is 9.78 Å². The fourth-order valence-electron chi connectivity index (χ4n) is 3.86. The molecule has 1 aliphatic heterocycles. The van der Waals surface area contributed by atoms with E-state index in [1.54, 1.807) is 0 Å². The number of pyridine rings is 1. The highest BCUT2D eigenvalue weighted by atomic mass is 79.9. The van der Waals surface area contributed by atoms with E-state index in [0.29, 0.717) is 25.2 Å². The summed E-state index contributed by atoms with van der Waals surface area (Å²) in [5, 5.41) is 4.05. The number of fused-ring (bicyclic) bond motifs is 1. The quantitative estimate of drug-likeness (QED) is 0.828. The van der Waals surface area contributed by atoms with Gasteiger partial charge in [-0.05, 0) is 38.0 Å². The molecular weight excluding hydrogens is 384 g/mol. The lowest BCUT2D eigenvalue weighted by atomic mass is 9.89. The molecule has 1 aromatic heterocycles. The number of ether oxygens (including phenoxy) is 2. The van der Waals surface area contributed by atoms with Gasteiger partial charge in [-0.25, -0.2) is 0 Å². The van der Waals surface area contributed by atoms with E-state index in [4.69, 9.17) is 9.47 Å². The van der Waals surface area contributed by atoms with Crippen molar-refractivity contribution in [3.05, 3.63) is 40.0 Å². The van der Waals surface area contributed by atoms with E-state index in [1.165, 1.54) is 0 Å². The molecule has 1 saturated heterocycles. The highest BCUT2D eigenvalue weighted by molar-refractivity contribution is 9.10. The second kappa shape index (κ2) is 6.67. The second-order valence-corrected chi connectivity index (χ2v) is 7.76. The number of nitrogens with zero attached hydrogens (tertiary/aromatic N) is 1. The monoisotopic (exact) mass is 404 g/mol. The molecule has 0 radical (unpaired) electrons. The average molecular weight is 405 g/mol. The Kier molecular flexibility index (Phi) is 4.52. The number of rotatable bonds is 2. The average Bonchev–Trinajstić information content (AvgIpc) is 3.01. The highest BCUT2D eigenvalue weighted by Gasteiger charge is 2.41. The van der Waals surface area contributed by atoms with Crippen molar-refractivity contribution in [1.82, 2.24) is 10.3 Å². The maximum atomic E-state index is 12.9. The van der Waals surface area contributed by atoms with Crippen molar-refractivity contribution < 1.29 is 14.3 Å². The van der Waals surface area contributed by atoms with Gasteiger partial charge >= 0.3 is 0 Å². The maximum absolute atomic E-state index is 12.9. The van der Waals surface area contributed by atoms with Crippen LogP contribution in [0.4, 0.5) is 0 Å². The topological polar surface area (TPSA) is 60.5 Å². The van der Waals surface area contributed by atoms with Crippen LogP contribution in [0.25, 0.3) is 10.9 Å². The van der Waals surface area contributed by atoms with Gasteiger partial charge in [0, 0.05) is 34.4 Å². The molecule has 0 bridgehead atoms. The fraction of sp³-hybridized carbons (Fsp3) is 0.474. The molecular formula is C19H21BrN2O3. The molecule has 6 heteroatoms. The Morgan fingerprint density at radius 2 is 2.12 bits per heavy atom. The van der Waals surface area contributed by atoms with E-state index in [-0.39, 0.29) is 11.9 Å². The standard InChI is InChI=1S/C19H21BrN2O3/c1-12-9-16(15-5-4-13(20)10-17(15)21-12)18(23)22-14-3-2-6-19(11-14)24-7-8-25-19/h4-5,9-10,14H,2-3,6-8,11H2,1H3,(H,22,23). The van der Waals surface area contributed by atoms with Crippen LogP contribution in [0.15, 0.2) is 28.7 Å². The number of hydrogen-bond acceptors (Lipinski definition) is 4. The molecule has 2 heterocycles. The zero-order chi connectivity index (χ0) is 17.4. The summed E-state index contributed by atoms with van der Waals surface area (Å²) in [6.45, 7) is 3.19. The number of hydrogen-bond donors (Lipinski definition) is 1. The molecule has 132 valence electrons. The first kappa shape index (κ1) is 16.9. The zero-order valence-corrected chi connectivity index (χ0v) is 15.8. The Balaban J connectivity index is 1.58. The molecule has 1 amide bonds. The fourth-order valence-corrected chi connectivity index (χ4v) is 4.21. The summed E-state index contributed by atoms with van der Waals surface area (Å²) in [4.78, 5) is 17.5. The van der Waals surface area contributed by atoms with E-state index < -0.39 is 5.79 Å². The first-order chi connectivity index (χ1) is 12.0. The smallest absolute Gasteiger partial charge is 0.252 e. The zero-order valence-electron chi connectivity index (χ0n) is 14.2. The summed E-state index contributed by atoms with van der Waals surface area (Å²) in [6.07, 6.45) is 3.57. The lowest BCUT2D eigenvalue weighted by Crippen LogP contribution is -2.46. The van der Waals surface area contributed by atoms with E-state index >= 15 is 0 Å². The molecule has 1 atom stereocenters. The van der Waals surface area contributed by atoms with Crippen molar-refractivity contribution in [2.75, 3.05) is 13.2 Å². The van der Waals surface area contributed by atoms with Gasteiger partial charge < -0.3 is 14.8 Å². The normalized spacial score (nSPS) is 22.4. The minimum absolute atomic E-state index is 0.0575. The van der Waals surface area contributed by atoms with E-state index in [9.17, 15) is 4.79 Å². The second-order valence-electron chi connectivity index (χ2n) is 6.85. The van der Waals surface area contributed by atoms with Crippen molar-refractivity contribution in [3.8, 4) is 0 Å². The minimum Gasteiger partial charge on any atom is -0.349 e. The molecule has 2 aromatic rings. The predicted molar refractivity (Wildman–Crippen MR) is 98.5 cm³/mol. The Bertz CT molecular complexity index is 812. The van der Waals surface area contributed by atoms with Crippen molar-refractivity contribution in [2.24, 2.45) is 0 Å². The van der Waals surface area contributed by atoms with Crippen molar-refractivity contribution in [1.29, 1.82) is 0 Å². The molecule has 4 rings (SSSR count). The molecule has 1 aliphatic carbocycles. The van der Waals surface area contributed by atoms with Gasteiger partial charge in [0.05, 0.1) is 24.3 Å². The van der Waals surface area contributed by atoms with Crippen molar-refractivity contribution in [3.63, 3.8) is 0 Å². The lowest BCUT2D eigenvalue weighted by Gasteiger charge is -2.36. The SMILES string of the molecule is Cc1cc(C(=O)NC2CCCC3(C2)OCCO3)c2ccc(Br)cc2n1. The number of nitrogens with one attached hydrogen (secondary N) is 1. The Morgan fingerprint density at radius 3 is 2.92 bits per heavy atom. The van der Waals surface area contributed by atoms with Gasteiger partial charge in [-0.1, -0.05) is 22.0 Å². The van der Waals surface area contributed by atoms with Crippen LogP contribution in [0.1, 0.15) is 41.7 Å². The molecule has 2 aliphatic rings. The first-order valence-electron chi connectivity index (χ1n) is 8.70. The summed E-state index contributed by atoms with van der Waals surface area (Å²) < 4.78 is 12.6. The van der Waals surface area contributed by atoms with E-state index in [1.807, 2.05) is 31.2 Å². The number of aryl methyl sites for hydroxylation is 1. The Morgan fingerprint density at radius 1 is 1.32 bits per heavy atom. The number of halogens is 1. The molecule has 1 spiro atoms. The van der Waals surface area contributed by atoms with Crippen LogP contribution in [0, 0.1) is 6.92 Å². The first-order valence-corrected chi connectivity index (χ1v) is 9.50. The molecule has 5 nitrogen and oxygen atoms in total. The highest BCUT2D eigenvalue weighted by Crippen LogP contribution is 2.36. The van der Waals surface area contributed by atoms with Gasteiger partial charge in [0.1, 0.15) is 0 Å². The van der Waals surface area contributed by atoms with E-state index in [2.05, 4.69) is 26.2 Å². The molecule has 1 saturated carbocycles.